The monoisotopic (exact) mass is 450 g/mol. The number of thioether (sulfide) groups is 1. The van der Waals surface area contributed by atoms with E-state index in [0.717, 1.165) is 16.7 Å². The highest BCUT2D eigenvalue weighted by atomic mass is 32.2. The van der Waals surface area contributed by atoms with Gasteiger partial charge >= 0.3 is 11.9 Å². The Balaban J connectivity index is 1.79. The number of hydrogen-bond acceptors (Lipinski definition) is 8. The molecule has 2 fully saturated rings. The van der Waals surface area contributed by atoms with E-state index in [0.29, 0.717) is 13.0 Å². The van der Waals surface area contributed by atoms with E-state index in [1.54, 1.807) is 27.0 Å². The minimum atomic E-state index is -1.49. The summed E-state index contributed by atoms with van der Waals surface area (Å²) in [7, 11) is 0. The van der Waals surface area contributed by atoms with Gasteiger partial charge in [-0.15, -0.1) is 11.8 Å². The molecule has 0 N–H and O–H groups in total. The minimum absolute atomic E-state index is 0.00637. The van der Waals surface area contributed by atoms with Crippen LogP contribution in [0.5, 0.6) is 0 Å². The van der Waals surface area contributed by atoms with Crippen molar-refractivity contribution in [1.82, 2.24) is 0 Å². The summed E-state index contributed by atoms with van der Waals surface area (Å²) in [5, 5.41) is -0.350. The molecule has 31 heavy (non-hydrogen) atoms. The van der Waals surface area contributed by atoms with Crippen molar-refractivity contribution in [2.75, 3.05) is 6.61 Å². The number of allylic oxidation sites excluding steroid dienone is 2. The van der Waals surface area contributed by atoms with Crippen molar-refractivity contribution >= 4 is 29.5 Å². The molecule has 7 nitrogen and oxygen atoms in total. The number of hydrogen-bond donors (Lipinski definition) is 0. The molecule has 0 radical (unpaired) electrons. The van der Waals surface area contributed by atoms with E-state index in [1.165, 1.54) is 11.8 Å². The van der Waals surface area contributed by atoms with Crippen LogP contribution in [0.4, 0.5) is 0 Å². The van der Waals surface area contributed by atoms with Crippen molar-refractivity contribution in [2.45, 2.75) is 76.5 Å². The number of fused-ring (bicyclic) bond motifs is 3. The predicted molar refractivity (Wildman–Crippen MR) is 114 cm³/mol. The molecule has 1 saturated heterocycles. The van der Waals surface area contributed by atoms with Crippen molar-refractivity contribution in [3.05, 3.63) is 23.0 Å². The molecule has 0 aromatic rings. The van der Waals surface area contributed by atoms with E-state index >= 15 is 0 Å². The Morgan fingerprint density at radius 2 is 1.90 bits per heavy atom. The number of esters is 2. The van der Waals surface area contributed by atoms with Gasteiger partial charge in [-0.25, -0.2) is 9.59 Å². The summed E-state index contributed by atoms with van der Waals surface area (Å²) in [5.74, 6) is -2.67. The van der Waals surface area contributed by atoms with Crippen LogP contribution in [0.25, 0.3) is 0 Å². The van der Waals surface area contributed by atoms with Crippen LogP contribution < -0.4 is 0 Å². The zero-order valence-corrected chi connectivity index (χ0v) is 19.7. The topological polar surface area (TPSA) is 88.1 Å². The summed E-state index contributed by atoms with van der Waals surface area (Å²) in [6, 6.07) is 0. The first-order valence-electron chi connectivity index (χ1n) is 10.8. The third kappa shape index (κ3) is 3.52. The third-order valence-corrected chi connectivity index (χ3v) is 8.44. The molecule has 8 heteroatoms. The second-order valence-corrected chi connectivity index (χ2v) is 10.8. The zero-order chi connectivity index (χ0) is 22.7. The van der Waals surface area contributed by atoms with Gasteiger partial charge in [-0.1, -0.05) is 12.5 Å². The molecule has 0 unspecified atom stereocenters. The van der Waals surface area contributed by atoms with Crippen molar-refractivity contribution in [2.24, 2.45) is 17.8 Å². The average molecular weight is 451 g/mol. The largest absolute Gasteiger partial charge is 0.472 e. The van der Waals surface area contributed by atoms with Crippen molar-refractivity contribution in [3.8, 4) is 0 Å². The van der Waals surface area contributed by atoms with Gasteiger partial charge in [0.05, 0.1) is 6.26 Å². The van der Waals surface area contributed by atoms with Crippen molar-refractivity contribution < 1.29 is 33.3 Å². The Morgan fingerprint density at radius 1 is 1.26 bits per heavy atom. The van der Waals surface area contributed by atoms with E-state index in [-0.39, 0.29) is 41.5 Å². The average Bonchev–Trinajstić information content (AvgIpc) is 2.66. The highest BCUT2D eigenvalue weighted by molar-refractivity contribution is 8.03. The van der Waals surface area contributed by atoms with Crippen LogP contribution in [-0.4, -0.2) is 46.4 Å². The molecule has 4 aliphatic rings. The smallest absolute Gasteiger partial charge is 0.337 e. The van der Waals surface area contributed by atoms with Gasteiger partial charge in [0.2, 0.25) is 4.75 Å². The van der Waals surface area contributed by atoms with E-state index in [9.17, 15) is 14.4 Å². The Bertz CT molecular complexity index is 866. The van der Waals surface area contributed by atoms with E-state index in [4.69, 9.17) is 18.9 Å². The lowest BCUT2D eigenvalue weighted by Gasteiger charge is -2.51. The van der Waals surface area contributed by atoms with Gasteiger partial charge in [0.25, 0.3) is 5.79 Å². The first kappa shape index (κ1) is 22.4. The van der Waals surface area contributed by atoms with Gasteiger partial charge < -0.3 is 18.9 Å². The fraction of sp³-hybridized carbons (Fsp3) is 0.696. The molecule has 3 heterocycles. The van der Waals surface area contributed by atoms with Crippen LogP contribution in [-0.2, 0) is 33.3 Å². The van der Waals surface area contributed by atoms with Gasteiger partial charge in [-0.2, -0.15) is 0 Å². The summed E-state index contributed by atoms with van der Waals surface area (Å²) in [6.45, 7) is 11.1. The quantitative estimate of drug-likeness (QED) is 0.477. The van der Waals surface area contributed by atoms with Crippen LogP contribution in [0.15, 0.2) is 23.0 Å². The number of ketones is 1. The van der Waals surface area contributed by atoms with Gasteiger partial charge in [-0.3, -0.25) is 4.79 Å². The first-order chi connectivity index (χ1) is 14.5. The molecule has 0 aromatic carbocycles. The van der Waals surface area contributed by atoms with E-state index in [1.807, 2.05) is 13.8 Å². The molecule has 0 amide bonds. The SMILES string of the molecule is CCO[C@H]1C[C@@H]2C(=CO1)C1=C(C)CC3(S[C@@H]1[C@@H](C(C)=O)[C@H]2C)C(=O)OC(C)(C)OC3=O. The molecule has 0 bridgehead atoms. The number of cyclic esters (lactones) is 2. The Labute approximate surface area is 186 Å². The Morgan fingerprint density at radius 3 is 2.48 bits per heavy atom. The standard InChI is InChI=1S/C23H30O7S/c1-7-27-16-8-14-12(3)18(13(4)24)19-17(15(14)10-28-16)11(2)9-23(31-19)20(25)29-22(5,6)30-21(23)26/h10,12,14,16,18-19H,7-9H2,1-6H3/t12-,14-,16+,18+,19-/m0/s1. The fourth-order valence-electron chi connectivity index (χ4n) is 5.44. The number of ether oxygens (including phenoxy) is 4. The highest BCUT2D eigenvalue weighted by Crippen LogP contribution is 2.58. The number of carbonyl (C=O) groups is 3. The van der Waals surface area contributed by atoms with Gasteiger partial charge in [0, 0.05) is 44.5 Å². The number of rotatable bonds is 3. The molecular formula is C23H30O7S. The maximum absolute atomic E-state index is 13.1. The van der Waals surface area contributed by atoms with Crippen molar-refractivity contribution in [3.63, 3.8) is 0 Å². The molecule has 5 atom stereocenters. The van der Waals surface area contributed by atoms with Gasteiger partial charge in [-0.05, 0) is 43.8 Å². The van der Waals surface area contributed by atoms with Crippen LogP contribution in [0.3, 0.4) is 0 Å². The highest BCUT2D eigenvalue weighted by Gasteiger charge is 2.63. The second-order valence-electron chi connectivity index (χ2n) is 9.35. The first-order valence-corrected chi connectivity index (χ1v) is 11.7. The third-order valence-electron chi connectivity index (χ3n) is 6.78. The zero-order valence-electron chi connectivity index (χ0n) is 18.9. The maximum atomic E-state index is 13.1. The fourth-order valence-corrected chi connectivity index (χ4v) is 7.49. The lowest BCUT2D eigenvalue weighted by molar-refractivity contribution is -0.236. The molecule has 1 saturated carbocycles. The predicted octanol–water partition coefficient (Wildman–Crippen LogP) is 3.52. The summed E-state index contributed by atoms with van der Waals surface area (Å²) in [5.41, 5.74) is 2.95. The van der Waals surface area contributed by atoms with Gasteiger partial charge in [0.1, 0.15) is 5.78 Å². The lowest BCUT2D eigenvalue weighted by atomic mass is 9.63. The number of Topliss-reactive ketones (excluding diaryl/α,β-unsaturated/α-hetero) is 1. The van der Waals surface area contributed by atoms with Crippen LogP contribution in [0, 0.1) is 17.8 Å². The summed E-state index contributed by atoms with van der Waals surface area (Å²) in [6.07, 6.45) is 2.28. The Kier molecular flexibility index (Phi) is 5.53. The van der Waals surface area contributed by atoms with Crippen LogP contribution in [0.1, 0.15) is 54.4 Å². The molecule has 3 aliphatic heterocycles. The second kappa shape index (κ2) is 7.66. The maximum Gasteiger partial charge on any atom is 0.337 e. The summed E-state index contributed by atoms with van der Waals surface area (Å²) in [4.78, 5) is 39.0. The van der Waals surface area contributed by atoms with E-state index in [2.05, 4.69) is 6.92 Å². The molecular weight excluding hydrogens is 420 g/mol. The van der Waals surface area contributed by atoms with Crippen LogP contribution in [0.2, 0.25) is 0 Å². The van der Waals surface area contributed by atoms with E-state index < -0.39 is 22.5 Å². The molecule has 1 spiro atoms. The lowest BCUT2D eigenvalue weighted by Crippen LogP contribution is -2.60. The normalized spacial score (nSPS) is 35.9. The Hall–Kier alpha value is -1.80. The van der Waals surface area contributed by atoms with Gasteiger partial charge in [0.15, 0.2) is 6.29 Å². The molecule has 4 rings (SSSR count). The summed E-state index contributed by atoms with van der Waals surface area (Å²) >= 11 is 1.21. The molecule has 170 valence electrons. The molecule has 0 aromatic heterocycles. The van der Waals surface area contributed by atoms with Crippen LogP contribution >= 0.6 is 11.8 Å². The molecule has 1 aliphatic carbocycles. The van der Waals surface area contributed by atoms with Crippen molar-refractivity contribution in [1.29, 1.82) is 0 Å². The minimum Gasteiger partial charge on any atom is -0.472 e. The number of carbonyl (C=O) groups excluding carboxylic acids is 3. The summed E-state index contributed by atoms with van der Waals surface area (Å²) < 4.78 is 21.0.